The smallest absolute Gasteiger partial charge is 0.254 e. The molecule has 5 nitrogen and oxygen atoms in total. The third-order valence-electron chi connectivity index (χ3n) is 4.02. The molecule has 1 aliphatic heterocycles. The van der Waals surface area contributed by atoms with E-state index in [1.54, 1.807) is 0 Å². The number of hydrogen-bond acceptors (Lipinski definition) is 3. The fourth-order valence-electron chi connectivity index (χ4n) is 2.85. The lowest BCUT2D eigenvalue weighted by Gasteiger charge is -2.35. The molecule has 1 aliphatic carbocycles. The van der Waals surface area contributed by atoms with Gasteiger partial charge in [0.1, 0.15) is 5.54 Å². The van der Waals surface area contributed by atoms with Crippen LogP contribution in [0.1, 0.15) is 39.0 Å². The first kappa shape index (κ1) is 15.5. The summed E-state index contributed by atoms with van der Waals surface area (Å²) in [6, 6.07) is 0. The van der Waals surface area contributed by atoms with Gasteiger partial charge in [0.15, 0.2) is 0 Å². The third kappa shape index (κ3) is 2.75. The van der Waals surface area contributed by atoms with Gasteiger partial charge in [-0.3, -0.25) is 19.3 Å². The Kier molecular flexibility index (Phi) is 4.82. The van der Waals surface area contributed by atoms with Crippen molar-refractivity contribution in [2.24, 2.45) is 0 Å². The van der Waals surface area contributed by atoms with E-state index in [0.29, 0.717) is 23.3 Å². The van der Waals surface area contributed by atoms with Crippen molar-refractivity contribution in [2.75, 3.05) is 6.54 Å². The Balaban J connectivity index is 2.15. The maximum Gasteiger partial charge on any atom is 0.254 e. The molecule has 6 heteroatoms. The number of halogens is 1. The minimum Gasteiger partial charge on any atom is -0.353 e. The highest BCUT2D eigenvalue weighted by atomic mass is 127. The molecule has 1 heterocycles. The van der Waals surface area contributed by atoms with Crippen molar-refractivity contribution in [3.05, 3.63) is 12.2 Å². The summed E-state index contributed by atoms with van der Waals surface area (Å²) in [6.07, 6.45) is 6.34. The van der Waals surface area contributed by atoms with Crippen LogP contribution in [0.5, 0.6) is 0 Å². The molecule has 2 aliphatic rings. The number of nitrogens with zero attached hydrogens (tertiary/aromatic N) is 1. The molecule has 0 aromatic heterocycles. The molecule has 0 spiro atoms. The van der Waals surface area contributed by atoms with E-state index in [4.69, 9.17) is 0 Å². The summed E-state index contributed by atoms with van der Waals surface area (Å²) >= 11 is 2.29. The van der Waals surface area contributed by atoms with Crippen LogP contribution < -0.4 is 5.32 Å². The van der Waals surface area contributed by atoms with Gasteiger partial charge in [-0.1, -0.05) is 42.4 Å². The first-order valence-corrected chi connectivity index (χ1v) is 8.24. The number of nitrogens with one attached hydrogen (secondary N) is 1. The summed E-state index contributed by atoms with van der Waals surface area (Å²) in [7, 11) is 0. The van der Waals surface area contributed by atoms with Crippen molar-refractivity contribution in [3.8, 4) is 0 Å². The summed E-state index contributed by atoms with van der Waals surface area (Å²) in [5, 5.41) is 2.91. The standard InChI is InChI=1S/C14H19IN2O3/c1-2-10(15)9-16-13(20)14(7-3-4-8-14)17-11(18)5-6-12(17)19/h5-6,10H,2-4,7-9H2,1H3,(H,16,20). The van der Waals surface area contributed by atoms with Crippen molar-refractivity contribution in [1.29, 1.82) is 0 Å². The van der Waals surface area contributed by atoms with E-state index in [1.807, 2.05) is 0 Å². The predicted octanol–water partition coefficient (Wildman–Crippen LogP) is 1.55. The number of amides is 3. The summed E-state index contributed by atoms with van der Waals surface area (Å²) in [5.41, 5.74) is -0.970. The van der Waals surface area contributed by atoms with E-state index in [0.717, 1.165) is 24.2 Å². The Morgan fingerprint density at radius 1 is 1.35 bits per heavy atom. The first-order valence-electron chi connectivity index (χ1n) is 7.00. The van der Waals surface area contributed by atoms with Gasteiger partial charge in [0.25, 0.3) is 11.8 Å². The topological polar surface area (TPSA) is 66.5 Å². The normalized spacial score (nSPS) is 22.4. The summed E-state index contributed by atoms with van der Waals surface area (Å²) in [4.78, 5) is 37.6. The number of rotatable bonds is 5. The van der Waals surface area contributed by atoms with Crippen LogP contribution >= 0.6 is 22.6 Å². The van der Waals surface area contributed by atoms with Crippen LogP contribution in [0, 0.1) is 0 Å². The SMILES string of the molecule is CCC(I)CNC(=O)C1(N2C(=O)C=CC2=O)CCCC1. The Labute approximate surface area is 132 Å². The van der Waals surface area contributed by atoms with Crippen LogP contribution in [0.25, 0.3) is 0 Å². The molecule has 1 N–H and O–H groups in total. The van der Waals surface area contributed by atoms with Crippen LogP contribution in [0.15, 0.2) is 12.2 Å². The average Bonchev–Trinajstić information content (AvgIpc) is 3.03. The van der Waals surface area contributed by atoms with E-state index in [2.05, 4.69) is 34.8 Å². The molecule has 20 heavy (non-hydrogen) atoms. The Morgan fingerprint density at radius 2 is 1.90 bits per heavy atom. The Bertz CT molecular complexity index is 437. The van der Waals surface area contributed by atoms with Gasteiger partial charge in [-0.15, -0.1) is 0 Å². The summed E-state index contributed by atoms with van der Waals surface area (Å²) in [5.74, 6) is -0.919. The number of hydrogen-bond donors (Lipinski definition) is 1. The van der Waals surface area contributed by atoms with Gasteiger partial charge < -0.3 is 5.32 Å². The van der Waals surface area contributed by atoms with Crippen molar-refractivity contribution in [1.82, 2.24) is 10.2 Å². The highest BCUT2D eigenvalue weighted by Gasteiger charge is 2.51. The maximum atomic E-state index is 12.6. The van der Waals surface area contributed by atoms with Crippen LogP contribution in [-0.4, -0.2) is 38.6 Å². The largest absolute Gasteiger partial charge is 0.353 e. The second-order valence-corrected chi connectivity index (χ2v) is 7.06. The molecule has 0 bridgehead atoms. The second-order valence-electron chi connectivity index (χ2n) is 5.30. The van der Waals surface area contributed by atoms with Crippen LogP contribution in [-0.2, 0) is 14.4 Å². The summed E-state index contributed by atoms with van der Waals surface area (Å²) in [6.45, 7) is 2.63. The molecule has 1 atom stereocenters. The molecule has 0 aromatic carbocycles. The quantitative estimate of drug-likeness (QED) is 0.440. The predicted molar refractivity (Wildman–Crippen MR) is 83.3 cm³/mol. The number of carbonyl (C=O) groups excluding carboxylic acids is 3. The van der Waals surface area contributed by atoms with Crippen LogP contribution in [0.3, 0.4) is 0 Å². The highest BCUT2D eigenvalue weighted by Crippen LogP contribution is 2.37. The van der Waals surface area contributed by atoms with Crippen molar-refractivity contribution >= 4 is 40.3 Å². The van der Waals surface area contributed by atoms with Crippen molar-refractivity contribution < 1.29 is 14.4 Å². The minimum atomic E-state index is -0.970. The Hall–Kier alpha value is -0.920. The minimum absolute atomic E-state index is 0.185. The second kappa shape index (κ2) is 6.24. The molecule has 0 aromatic rings. The monoisotopic (exact) mass is 390 g/mol. The van der Waals surface area contributed by atoms with E-state index in [9.17, 15) is 14.4 Å². The molecule has 1 fully saturated rings. The number of carbonyl (C=O) groups is 3. The average molecular weight is 390 g/mol. The maximum absolute atomic E-state index is 12.6. The fraction of sp³-hybridized carbons (Fsp3) is 0.643. The zero-order chi connectivity index (χ0) is 14.8. The molecule has 3 amide bonds. The molecular weight excluding hydrogens is 371 g/mol. The lowest BCUT2D eigenvalue weighted by atomic mass is 9.93. The van der Waals surface area contributed by atoms with Crippen molar-refractivity contribution in [2.45, 2.75) is 48.5 Å². The Morgan fingerprint density at radius 3 is 2.40 bits per heavy atom. The lowest BCUT2D eigenvalue weighted by Crippen LogP contribution is -2.59. The number of imide groups is 1. The third-order valence-corrected chi connectivity index (χ3v) is 5.34. The van der Waals surface area contributed by atoms with Gasteiger partial charge in [0.05, 0.1) is 0 Å². The van der Waals surface area contributed by atoms with Crippen molar-refractivity contribution in [3.63, 3.8) is 0 Å². The van der Waals surface area contributed by atoms with Gasteiger partial charge in [-0.25, -0.2) is 0 Å². The van der Waals surface area contributed by atoms with Gasteiger partial charge in [-0.2, -0.15) is 0 Å². The molecule has 1 saturated carbocycles. The molecular formula is C14H19IN2O3. The molecule has 0 radical (unpaired) electrons. The van der Waals surface area contributed by atoms with E-state index >= 15 is 0 Å². The van der Waals surface area contributed by atoms with E-state index in [-0.39, 0.29) is 17.7 Å². The lowest BCUT2D eigenvalue weighted by molar-refractivity contribution is -0.152. The van der Waals surface area contributed by atoms with Gasteiger partial charge in [0.2, 0.25) is 5.91 Å². The molecule has 110 valence electrons. The molecule has 1 unspecified atom stereocenters. The fourth-order valence-corrected chi connectivity index (χ4v) is 3.07. The summed E-state index contributed by atoms with van der Waals surface area (Å²) < 4.78 is 0.359. The molecule has 2 rings (SSSR count). The van der Waals surface area contributed by atoms with E-state index < -0.39 is 5.54 Å². The van der Waals surface area contributed by atoms with Crippen LogP contribution in [0.2, 0.25) is 0 Å². The van der Waals surface area contributed by atoms with Gasteiger partial charge in [0, 0.05) is 22.6 Å². The first-order chi connectivity index (χ1) is 9.51. The van der Waals surface area contributed by atoms with Gasteiger partial charge in [-0.05, 0) is 19.3 Å². The molecule has 0 saturated heterocycles. The highest BCUT2D eigenvalue weighted by molar-refractivity contribution is 14.1. The number of alkyl halides is 1. The van der Waals surface area contributed by atoms with E-state index in [1.165, 1.54) is 12.2 Å². The zero-order valence-corrected chi connectivity index (χ0v) is 13.7. The zero-order valence-electron chi connectivity index (χ0n) is 11.5. The van der Waals surface area contributed by atoms with Crippen LogP contribution in [0.4, 0.5) is 0 Å². The van der Waals surface area contributed by atoms with Gasteiger partial charge >= 0.3 is 0 Å².